The first-order valence-electron chi connectivity index (χ1n) is 9.77. The average molecular weight is 395 g/mol. The molecule has 2 aromatic heterocycles. The zero-order valence-corrected chi connectivity index (χ0v) is 17.3. The maximum atomic E-state index is 12.9. The summed E-state index contributed by atoms with van der Waals surface area (Å²) >= 11 is 0. The van der Waals surface area contributed by atoms with E-state index >= 15 is 0 Å². The van der Waals surface area contributed by atoms with E-state index in [1.807, 2.05) is 24.6 Å². The molecule has 7 nitrogen and oxygen atoms in total. The summed E-state index contributed by atoms with van der Waals surface area (Å²) in [6.07, 6.45) is 6.82. The van der Waals surface area contributed by atoms with Crippen molar-refractivity contribution in [2.45, 2.75) is 70.7 Å². The molecule has 8 heteroatoms. The Kier molecular flexibility index (Phi) is 6.37. The highest BCUT2D eigenvalue weighted by molar-refractivity contribution is 7.91. The first kappa shape index (κ1) is 20.1. The molecule has 0 amide bonds. The van der Waals surface area contributed by atoms with Crippen LogP contribution in [-0.2, 0) is 29.5 Å². The Morgan fingerprint density at radius 2 is 2.11 bits per heavy atom. The number of imidazole rings is 1. The normalized spacial score (nSPS) is 15.4. The number of hydrogen-bond donors (Lipinski definition) is 0. The molecule has 0 saturated heterocycles. The SMILES string of the molecule is CCCCn1c(CN(C)Cc2cc(C)no2)cnc1S(=O)(=O)CC1CCC1. The third kappa shape index (κ3) is 4.99. The van der Waals surface area contributed by atoms with E-state index in [0.29, 0.717) is 25.6 Å². The molecule has 0 spiro atoms. The third-order valence-electron chi connectivity index (χ3n) is 5.13. The molecule has 3 rings (SSSR count). The lowest BCUT2D eigenvalue weighted by Gasteiger charge is -2.25. The van der Waals surface area contributed by atoms with E-state index in [4.69, 9.17) is 4.52 Å². The van der Waals surface area contributed by atoms with Crippen molar-refractivity contribution in [3.63, 3.8) is 0 Å². The standard InChI is InChI=1S/C19H30N4O3S/c1-4-5-9-23-17(12-22(3)13-18-10-15(2)21-26-18)11-20-19(23)27(24,25)14-16-7-6-8-16/h10-11,16H,4-9,12-14H2,1-3H3. The van der Waals surface area contributed by atoms with Crippen LogP contribution in [0.3, 0.4) is 0 Å². The molecule has 0 radical (unpaired) electrons. The Morgan fingerprint density at radius 3 is 2.70 bits per heavy atom. The molecular weight excluding hydrogens is 364 g/mol. The molecule has 27 heavy (non-hydrogen) atoms. The minimum Gasteiger partial charge on any atom is -0.360 e. The van der Waals surface area contributed by atoms with Gasteiger partial charge in [-0.25, -0.2) is 13.4 Å². The van der Waals surface area contributed by atoms with Crippen LogP contribution in [0, 0.1) is 12.8 Å². The van der Waals surface area contributed by atoms with E-state index in [9.17, 15) is 8.42 Å². The van der Waals surface area contributed by atoms with E-state index in [0.717, 1.165) is 49.3 Å². The van der Waals surface area contributed by atoms with Gasteiger partial charge in [0.15, 0.2) is 5.76 Å². The van der Waals surface area contributed by atoms with Gasteiger partial charge in [-0.2, -0.15) is 0 Å². The minimum atomic E-state index is -3.35. The second-order valence-electron chi connectivity index (χ2n) is 7.72. The Balaban J connectivity index is 1.76. The number of unbranched alkanes of at least 4 members (excludes halogenated alkanes) is 1. The maximum Gasteiger partial charge on any atom is 0.227 e. The van der Waals surface area contributed by atoms with Gasteiger partial charge in [0.1, 0.15) is 0 Å². The van der Waals surface area contributed by atoms with Gasteiger partial charge in [-0.3, -0.25) is 4.90 Å². The third-order valence-corrected chi connectivity index (χ3v) is 6.92. The fourth-order valence-corrected chi connectivity index (χ4v) is 5.32. The zero-order chi connectivity index (χ0) is 19.4. The van der Waals surface area contributed by atoms with Crippen molar-refractivity contribution in [1.29, 1.82) is 0 Å². The minimum absolute atomic E-state index is 0.225. The monoisotopic (exact) mass is 394 g/mol. The molecule has 1 aliphatic carbocycles. The van der Waals surface area contributed by atoms with Crippen molar-refractivity contribution < 1.29 is 12.9 Å². The fourth-order valence-electron chi connectivity index (χ4n) is 3.46. The highest BCUT2D eigenvalue weighted by atomic mass is 32.2. The number of hydrogen-bond acceptors (Lipinski definition) is 6. The van der Waals surface area contributed by atoms with Crippen molar-refractivity contribution in [2.24, 2.45) is 5.92 Å². The summed E-state index contributed by atoms with van der Waals surface area (Å²) in [5.74, 6) is 1.32. The molecule has 0 aromatic carbocycles. The molecule has 1 fully saturated rings. The Morgan fingerprint density at radius 1 is 1.33 bits per heavy atom. The summed E-state index contributed by atoms with van der Waals surface area (Å²) in [6.45, 7) is 5.91. The van der Waals surface area contributed by atoms with Crippen LogP contribution < -0.4 is 0 Å². The van der Waals surface area contributed by atoms with Gasteiger partial charge >= 0.3 is 0 Å². The van der Waals surface area contributed by atoms with Crippen molar-refractivity contribution in [3.05, 3.63) is 29.4 Å². The van der Waals surface area contributed by atoms with E-state index in [1.165, 1.54) is 0 Å². The Hall–Kier alpha value is -1.67. The quantitative estimate of drug-likeness (QED) is 0.616. The first-order valence-corrected chi connectivity index (χ1v) is 11.4. The van der Waals surface area contributed by atoms with E-state index < -0.39 is 9.84 Å². The highest BCUT2D eigenvalue weighted by Crippen LogP contribution is 2.30. The van der Waals surface area contributed by atoms with Crippen LogP contribution in [-0.4, -0.2) is 40.8 Å². The molecule has 0 unspecified atom stereocenters. The van der Waals surface area contributed by atoms with Gasteiger partial charge in [0.2, 0.25) is 15.0 Å². The van der Waals surface area contributed by atoms with E-state index in [1.54, 1.807) is 6.20 Å². The van der Waals surface area contributed by atoms with Gasteiger partial charge in [0.05, 0.1) is 29.9 Å². The largest absolute Gasteiger partial charge is 0.360 e. The van der Waals surface area contributed by atoms with Crippen LogP contribution in [0.5, 0.6) is 0 Å². The first-order chi connectivity index (χ1) is 12.9. The summed E-state index contributed by atoms with van der Waals surface area (Å²) < 4.78 is 33.0. The van der Waals surface area contributed by atoms with Crippen molar-refractivity contribution in [3.8, 4) is 0 Å². The zero-order valence-electron chi connectivity index (χ0n) is 16.5. The van der Waals surface area contributed by atoms with Crippen LogP contribution in [0.1, 0.15) is 56.2 Å². The lowest BCUT2D eigenvalue weighted by atomic mass is 9.87. The number of aryl methyl sites for hydroxylation is 1. The molecule has 0 N–H and O–H groups in total. The van der Waals surface area contributed by atoms with Crippen molar-refractivity contribution in [2.75, 3.05) is 12.8 Å². The second-order valence-corrected chi connectivity index (χ2v) is 9.65. The van der Waals surface area contributed by atoms with Gasteiger partial charge in [-0.1, -0.05) is 24.9 Å². The van der Waals surface area contributed by atoms with Gasteiger partial charge in [-0.05, 0) is 39.2 Å². The van der Waals surface area contributed by atoms with Gasteiger partial charge in [-0.15, -0.1) is 0 Å². The Labute approximate surface area is 161 Å². The fraction of sp³-hybridized carbons (Fsp3) is 0.684. The summed E-state index contributed by atoms with van der Waals surface area (Å²) in [5, 5.41) is 4.15. The summed E-state index contributed by atoms with van der Waals surface area (Å²) in [4.78, 5) is 6.41. The van der Waals surface area contributed by atoms with E-state index in [2.05, 4.69) is 22.0 Å². The summed E-state index contributed by atoms with van der Waals surface area (Å²) in [5.41, 5.74) is 1.78. The van der Waals surface area contributed by atoms with Crippen LogP contribution >= 0.6 is 0 Å². The second kappa shape index (κ2) is 8.56. The van der Waals surface area contributed by atoms with Crippen molar-refractivity contribution >= 4 is 9.84 Å². The van der Waals surface area contributed by atoms with Crippen LogP contribution in [0.25, 0.3) is 0 Å². The Bertz CT molecular complexity index is 852. The number of nitrogens with zero attached hydrogens (tertiary/aromatic N) is 4. The lowest BCUT2D eigenvalue weighted by molar-refractivity contribution is 0.259. The molecule has 0 atom stereocenters. The van der Waals surface area contributed by atoms with Crippen LogP contribution in [0.15, 0.2) is 21.9 Å². The maximum absolute atomic E-state index is 12.9. The predicted molar refractivity (Wildman–Crippen MR) is 103 cm³/mol. The summed E-state index contributed by atoms with van der Waals surface area (Å²) in [7, 11) is -1.36. The molecule has 0 aliphatic heterocycles. The highest BCUT2D eigenvalue weighted by Gasteiger charge is 2.30. The molecule has 0 bridgehead atoms. The summed E-state index contributed by atoms with van der Waals surface area (Å²) in [6, 6.07) is 1.92. The molecule has 2 aromatic rings. The molecular formula is C19H30N4O3S. The molecule has 1 saturated carbocycles. The van der Waals surface area contributed by atoms with Crippen LogP contribution in [0.2, 0.25) is 0 Å². The van der Waals surface area contributed by atoms with Gasteiger partial charge in [0.25, 0.3) is 0 Å². The predicted octanol–water partition coefficient (Wildman–Crippen LogP) is 3.19. The molecule has 1 aliphatic rings. The number of aromatic nitrogens is 3. The molecule has 2 heterocycles. The van der Waals surface area contributed by atoms with Gasteiger partial charge < -0.3 is 9.09 Å². The van der Waals surface area contributed by atoms with E-state index in [-0.39, 0.29) is 10.9 Å². The number of sulfone groups is 1. The van der Waals surface area contributed by atoms with Gasteiger partial charge in [0, 0.05) is 19.2 Å². The smallest absolute Gasteiger partial charge is 0.227 e. The molecule has 150 valence electrons. The topological polar surface area (TPSA) is 81.2 Å². The number of rotatable bonds is 10. The average Bonchev–Trinajstić information content (AvgIpc) is 3.16. The lowest BCUT2D eigenvalue weighted by Crippen LogP contribution is -2.25. The van der Waals surface area contributed by atoms with Crippen molar-refractivity contribution in [1.82, 2.24) is 19.6 Å². The van der Waals surface area contributed by atoms with Crippen LogP contribution in [0.4, 0.5) is 0 Å².